The number of carbonyl (C=O) groups is 1. The first-order valence-electron chi connectivity index (χ1n) is 6.89. The average molecular weight is 321 g/mol. The maximum atomic E-state index is 12.7. The predicted molar refractivity (Wildman–Crippen MR) is 80.6 cm³/mol. The molecule has 3 nitrogen and oxygen atoms in total. The molecule has 2 aromatic rings. The highest BCUT2D eigenvalue weighted by molar-refractivity contribution is 5.93. The summed E-state index contributed by atoms with van der Waals surface area (Å²) >= 11 is 0. The molecule has 1 heterocycles. The molecule has 0 unspecified atom stereocenters. The van der Waals surface area contributed by atoms with Crippen LogP contribution in [0.2, 0.25) is 0 Å². The van der Waals surface area contributed by atoms with Gasteiger partial charge in [0.25, 0.3) is 0 Å². The van der Waals surface area contributed by atoms with Gasteiger partial charge < -0.3 is 4.74 Å². The van der Waals surface area contributed by atoms with Gasteiger partial charge in [-0.3, -0.25) is 4.98 Å². The molecule has 0 aliphatic carbocycles. The zero-order valence-electron chi connectivity index (χ0n) is 12.3. The van der Waals surface area contributed by atoms with E-state index in [9.17, 15) is 18.0 Å². The van der Waals surface area contributed by atoms with Gasteiger partial charge in [-0.15, -0.1) is 0 Å². The normalized spacial score (nSPS) is 11.7. The van der Waals surface area contributed by atoms with Crippen LogP contribution in [0.4, 0.5) is 13.2 Å². The number of hydrogen-bond donors (Lipinski definition) is 0. The van der Waals surface area contributed by atoms with Gasteiger partial charge in [0.1, 0.15) is 0 Å². The van der Waals surface area contributed by atoms with Crippen molar-refractivity contribution in [2.45, 2.75) is 13.1 Å². The van der Waals surface area contributed by atoms with E-state index in [0.29, 0.717) is 11.3 Å². The number of benzene rings is 1. The van der Waals surface area contributed by atoms with Crippen LogP contribution in [0.25, 0.3) is 12.2 Å². The summed E-state index contributed by atoms with van der Waals surface area (Å²) in [5.41, 5.74) is 0.229. The van der Waals surface area contributed by atoms with Crippen LogP contribution in [-0.2, 0) is 10.9 Å². The highest BCUT2D eigenvalue weighted by atomic mass is 19.4. The van der Waals surface area contributed by atoms with Crippen LogP contribution in [0.15, 0.2) is 42.6 Å². The van der Waals surface area contributed by atoms with E-state index in [4.69, 9.17) is 4.74 Å². The lowest BCUT2D eigenvalue weighted by molar-refractivity contribution is -0.137. The fraction of sp³-hybridized carbons (Fsp3) is 0.176. The number of rotatable bonds is 4. The molecule has 0 aliphatic rings. The standard InChI is InChI=1S/C17H14F3NO2/c1-2-23-16(22)14-7-4-10-21-15(14)9-8-12-5-3-6-13(11-12)17(18,19)20/h3-11H,2H2,1H3. The summed E-state index contributed by atoms with van der Waals surface area (Å²) in [6.45, 7) is 1.91. The second-order valence-electron chi connectivity index (χ2n) is 4.61. The molecule has 1 aromatic heterocycles. The molecule has 0 saturated carbocycles. The Balaban J connectivity index is 2.29. The minimum atomic E-state index is -4.40. The molecule has 0 N–H and O–H groups in total. The molecule has 120 valence electrons. The van der Waals surface area contributed by atoms with E-state index in [1.165, 1.54) is 24.4 Å². The second kappa shape index (κ2) is 7.09. The number of aromatic nitrogens is 1. The Kier molecular flexibility index (Phi) is 5.16. The minimum absolute atomic E-state index is 0.227. The van der Waals surface area contributed by atoms with E-state index in [1.807, 2.05) is 0 Å². The molecular formula is C17H14F3NO2. The first-order valence-corrected chi connectivity index (χ1v) is 6.89. The molecule has 1 aromatic carbocycles. The fourth-order valence-electron chi connectivity index (χ4n) is 1.93. The van der Waals surface area contributed by atoms with Gasteiger partial charge in [0.05, 0.1) is 23.4 Å². The molecule has 2 rings (SSSR count). The van der Waals surface area contributed by atoms with Crippen molar-refractivity contribution in [3.63, 3.8) is 0 Å². The van der Waals surface area contributed by atoms with Crippen LogP contribution < -0.4 is 0 Å². The minimum Gasteiger partial charge on any atom is -0.462 e. The Morgan fingerprint density at radius 3 is 2.70 bits per heavy atom. The van der Waals surface area contributed by atoms with Crippen molar-refractivity contribution in [2.24, 2.45) is 0 Å². The molecule has 0 radical (unpaired) electrons. The highest BCUT2D eigenvalue weighted by Gasteiger charge is 2.30. The zero-order valence-corrected chi connectivity index (χ0v) is 12.3. The number of nitrogens with zero attached hydrogens (tertiary/aromatic N) is 1. The molecular weight excluding hydrogens is 307 g/mol. The van der Waals surface area contributed by atoms with E-state index in [-0.39, 0.29) is 12.2 Å². The van der Waals surface area contributed by atoms with Crippen LogP contribution in [0.5, 0.6) is 0 Å². The summed E-state index contributed by atoms with van der Waals surface area (Å²) in [7, 11) is 0. The van der Waals surface area contributed by atoms with Gasteiger partial charge in [-0.05, 0) is 42.8 Å². The highest BCUT2D eigenvalue weighted by Crippen LogP contribution is 2.29. The first kappa shape index (κ1) is 16.7. The van der Waals surface area contributed by atoms with Crippen LogP contribution in [0, 0.1) is 0 Å². The first-order chi connectivity index (χ1) is 10.9. The number of ether oxygens (including phenoxy) is 1. The van der Waals surface area contributed by atoms with Crippen molar-refractivity contribution in [3.05, 3.63) is 65.0 Å². The van der Waals surface area contributed by atoms with Crippen LogP contribution >= 0.6 is 0 Å². The maximum absolute atomic E-state index is 12.7. The topological polar surface area (TPSA) is 39.2 Å². The Morgan fingerprint density at radius 1 is 1.22 bits per heavy atom. The monoisotopic (exact) mass is 321 g/mol. The van der Waals surface area contributed by atoms with E-state index in [1.54, 1.807) is 25.1 Å². The summed E-state index contributed by atoms with van der Waals surface area (Å²) in [5.74, 6) is -0.524. The van der Waals surface area contributed by atoms with Gasteiger partial charge in [-0.1, -0.05) is 18.2 Å². The quantitative estimate of drug-likeness (QED) is 0.781. The third kappa shape index (κ3) is 4.42. The van der Waals surface area contributed by atoms with Crippen molar-refractivity contribution < 1.29 is 22.7 Å². The van der Waals surface area contributed by atoms with Crippen molar-refractivity contribution in [1.29, 1.82) is 0 Å². The second-order valence-corrected chi connectivity index (χ2v) is 4.61. The molecule has 0 amide bonds. The van der Waals surface area contributed by atoms with E-state index >= 15 is 0 Å². The van der Waals surface area contributed by atoms with Gasteiger partial charge in [-0.2, -0.15) is 13.2 Å². The lowest BCUT2D eigenvalue weighted by Crippen LogP contribution is -2.07. The summed E-state index contributed by atoms with van der Waals surface area (Å²) in [5, 5.41) is 0. The molecule has 23 heavy (non-hydrogen) atoms. The van der Waals surface area contributed by atoms with Crippen molar-refractivity contribution in [3.8, 4) is 0 Å². The Hall–Kier alpha value is -2.63. The lowest BCUT2D eigenvalue weighted by atomic mass is 10.1. The van der Waals surface area contributed by atoms with Crippen LogP contribution in [0.3, 0.4) is 0 Å². The summed E-state index contributed by atoms with van der Waals surface area (Å²) in [4.78, 5) is 15.9. The van der Waals surface area contributed by atoms with E-state index < -0.39 is 17.7 Å². The number of alkyl halides is 3. The third-order valence-electron chi connectivity index (χ3n) is 2.98. The summed E-state index contributed by atoms with van der Waals surface area (Å²) in [6, 6.07) is 8.04. The summed E-state index contributed by atoms with van der Waals surface area (Å²) < 4.78 is 43.0. The molecule has 0 bridgehead atoms. The summed E-state index contributed by atoms with van der Waals surface area (Å²) in [6.07, 6.45) is 0.0571. The van der Waals surface area contributed by atoms with Gasteiger partial charge in [0.15, 0.2) is 0 Å². The Bertz CT molecular complexity index is 724. The average Bonchev–Trinajstić information content (AvgIpc) is 2.53. The number of halogens is 3. The predicted octanol–water partition coefficient (Wildman–Crippen LogP) is 4.45. The number of esters is 1. The SMILES string of the molecule is CCOC(=O)c1cccnc1C=Cc1cccc(C(F)(F)F)c1. The third-order valence-corrected chi connectivity index (χ3v) is 2.98. The largest absolute Gasteiger partial charge is 0.462 e. The Labute approximate surface area is 131 Å². The fourth-order valence-corrected chi connectivity index (χ4v) is 1.93. The number of carbonyl (C=O) groups excluding carboxylic acids is 1. The maximum Gasteiger partial charge on any atom is 0.416 e. The van der Waals surface area contributed by atoms with Crippen molar-refractivity contribution >= 4 is 18.1 Å². The van der Waals surface area contributed by atoms with E-state index in [0.717, 1.165) is 12.1 Å². The molecule has 0 saturated heterocycles. The van der Waals surface area contributed by atoms with Gasteiger partial charge in [-0.25, -0.2) is 4.79 Å². The zero-order chi connectivity index (χ0) is 16.9. The van der Waals surface area contributed by atoms with Crippen LogP contribution in [0.1, 0.15) is 34.1 Å². The van der Waals surface area contributed by atoms with Gasteiger partial charge in [0.2, 0.25) is 0 Å². The Morgan fingerprint density at radius 2 is 2.00 bits per heavy atom. The lowest BCUT2D eigenvalue weighted by Gasteiger charge is -2.07. The van der Waals surface area contributed by atoms with E-state index in [2.05, 4.69) is 4.98 Å². The van der Waals surface area contributed by atoms with Gasteiger partial charge >= 0.3 is 12.1 Å². The van der Waals surface area contributed by atoms with Crippen molar-refractivity contribution in [1.82, 2.24) is 4.98 Å². The molecule has 0 aliphatic heterocycles. The number of hydrogen-bond acceptors (Lipinski definition) is 3. The molecule has 0 fully saturated rings. The number of pyridine rings is 1. The van der Waals surface area contributed by atoms with Crippen molar-refractivity contribution in [2.75, 3.05) is 6.61 Å². The molecule has 0 atom stereocenters. The van der Waals surface area contributed by atoms with Gasteiger partial charge in [0, 0.05) is 6.20 Å². The molecule has 6 heteroatoms. The molecule has 0 spiro atoms. The smallest absolute Gasteiger partial charge is 0.416 e. The van der Waals surface area contributed by atoms with Crippen LogP contribution in [-0.4, -0.2) is 17.6 Å².